The van der Waals surface area contributed by atoms with Crippen LogP contribution >= 0.6 is 0 Å². The summed E-state index contributed by atoms with van der Waals surface area (Å²) in [6.45, 7) is 4.59. The van der Waals surface area contributed by atoms with E-state index in [2.05, 4.69) is 6.92 Å². The van der Waals surface area contributed by atoms with Crippen LogP contribution in [0.5, 0.6) is 5.75 Å². The smallest absolute Gasteiger partial charge is 0.339 e. The molecule has 1 saturated carbocycles. The Labute approximate surface area is 201 Å². The Hall–Kier alpha value is -2.34. The van der Waals surface area contributed by atoms with Crippen LogP contribution < -0.4 is 10.4 Å². The predicted octanol–water partition coefficient (Wildman–Crippen LogP) is 4.68. The van der Waals surface area contributed by atoms with Gasteiger partial charge in [-0.2, -0.15) is 0 Å². The molecule has 0 spiro atoms. The number of aliphatic hydroxyl groups is 1. The molecule has 0 radical (unpaired) electrons. The number of unbranched alkanes of at least 4 members (excludes halogenated alkanes) is 1. The largest absolute Gasteiger partial charge is 0.483 e. The van der Waals surface area contributed by atoms with Crippen molar-refractivity contribution < 1.29 is 19.1 Å². The number of benzene rings is 1. The molecule has 3 atom stereocenters. The van der Waals surface area contributed by atoms with Crippen LogP contribution in [-0.2, 0) is 17.6 Å². The fraction of sp³-hybridized carbons (Fsp3) is 0.643. The maximum atomic E-state index is 13.4. The number of piperidine rings is 1. The van der Waals surface area contributed by atoms with Gasteiger partial charge in [0.2, 0.25) is 0 Å². The number of hydrogen-bond donors (Lipinski definition) is 1. The third kappa shape index (κ3) is 4.04. The molecular weight excluding hydrogens is 430 g/mol. The molecule has 0 bridgehead atoms. The first kappa shape index (κ1) is 23.4. The molecule has 34 heavy (non-hydrogen) atoms. The monoisotopic (exact) mass is 467 g/mol. The molecule has 184 valence electrons. The Bertz CT molecular complexity index is 1140. The number of ether oxygens (including phenoxy) is 1. The van der Waals surface area contributed by atoms with E-state index in [1.54, 1.807) is 0 Å². The molecule has 1 saturated heterocycles. The third-order valence-electron chi connectivity index (χ3n) is 8.58. The lowest BCUT2D eigenvalue weighted by atomic mass is 9.66. The number of rotatable bonds is 6. The van der Waals surface area contributed by atoms with Crippen molar-refractivity contribution in [2.75, 3.05) is 13.2 Å². The van der Waals surface area contributed by atoms with Crippen LogP contribution in [0.3, 0.4) is 0 Å². The Morgan fingerprint density at radius 2 is 2.03 bits per heavy atom. The number of fused-ring (bicyclic) bond motifs is 4. The van der Waals surface area contributed by atoms with Gasteiger partial charge in [0, 0.05) is 35.0 Å². The standard InChI is InChI=1S/C28H37NO5/c1-3-4-11-23-22-10-5-6-14-28(22,32)15-16-29(23)25(30)17-33-24-13-12-20-19-8-7-9-21(19)27(31)34-26(20)18(24)2/h12-13,22-23,32H,3-11,14-17H2,1-2H3/t22-,23-,28-/m0/s1. The van der Waals surface area contributed by atoms with E-state index in [1.165, 1.54) is 0 Å². The van der Waals surface area contributed by atoms with E-state index in [0.29, 0.717) is 24.3 Å². The van der Waals surface area contributed by atoms with Gasteiger partial charge >= 0.3 is 5.63 Å². The summed E-state index contributed by atoms with van der Waals surface area (Å²) in [6, 6.07) is 3.93. The number of aryl methyl sites for hydroxylation is 2. The van der Waals surface area contributed by atoms with Crippen LogP contribution in [0.1, 0.15) is 81.4 Å². The number of carbonyl (C=O) groups is 1. The third-order valence-corrected chi connectivity index (χ3v) is 8.58. The second-order valence-electron chi connectivity index (χ2n) is 10.6. The second kappa shape index (κ2) is 9.37. The van der Waals surface area contributed by atoms with Gasteiger partial charge in [-0.15, -0.1) is 0 Å². The van der Waals surface area contributed by atoms with E-state index in [0.717, 1.165) is 86.3 Å². The summed E-state index contributed by atoms with van der Waals surface area (Å²) < 4.78 is 11.7. The highest BCUT2D eigenvalue weighted by Crippen LogP contribution is 2.44. The van der Waals surface area contributed by atoms with Gasteiger partial charge in [-0.25, -0.2) is 4.79 Å². The summed E-state index contributed by atoms with van der Waals surface area (Å²) in [5, 5.41) is 12.3. The van der Waals surface area contributed by atoms with Crippen LogP contribution in [0.2, 0.25) is 0 Å². The highest BCUT2D eigenvalue weighted by atomic mass is 16.5. The first-order chi connectivity index (χ1) is 16.4. The van der Waals surface area contributed by atoms with Crippen molar-refractivity contribution in [2.24, 2.45) is 5.92 Å². The van der Waals surface area contributed by atoms with Crippen LogP contribution in [0.4, 0.5) is 0 Å². The van der Waals surface area contributed by atoms with E-state index in [4.69, 9.17) is 9.15 Å². The summed E-state index contributed by atoms with van der Waals surface area (Å²) in [7, 11) is 0. The fourth-order valence-corrected chi connectivity index (χ4v) is 6.73. The lowest BCUT2D eigenvalue weighted by molar-refractivity contribution is -0.157. The molecule has 1 aliphatic heterocycles. The predicted molar refractivity (Wildman–Crippen MR) is 131 cm³/mol. The molecular formula is C28H37NO5. The summed E-state index contributed by atoms with van der Waals surface area (Å²) in [6.07, 6.45) is 10.4. The normalized spacial score (nSPS) is 26.4. The molecule has 6 nitrogen and oxygen atoms in total. The van der Waals surface area contributed by atoms with Gasteiger partial charge in [-0.05, 0) is 69.6 Å². The minimum atomic E-state index is -0.624. The summed E-state index contributed by atoms with van der Waals surface area (Å²) in [5.74, 6) is 0.714. The number of hydrogen-bond acceptors (Lipinski definition) is 5. The number of carbonyl (C=O) groups excluding carboxylic acids is 1. The Morgan fingerprint density at radius 1 is 1.21 bits per heavy atom. The quantitative estimate of drug-likeness (QED) is 0.624. The van der Waals surface area contributed by atoms with Crippen LogP contribution in [0.15, 0.2) is 21.3 Å². The number of nitrogens with zero attached hydrogens (tertiary/aromatic N) is 1. The van der Waals surface area contributed by atoms with Crippen LogP contribution in [0, 0.1) is 12.8 Å². The Kier molecular flexibility index (Phi) is 6.45. The Morgan fingerprint density at radius 3 is 2.85 bits per heavy atom. The molecule has 3 aliphatic rings. The Balaban J connectivity index is 1.34. The minimum absolute atomic E-state index is 0.0244. The zero-order valence-electron chi connectivity index (χ0n) is 20.5. The molecule has 1 amide bonds. The van der Waals surface area contributed by atoms with Crippen molar-refractivity contribution in [1.82, 2.24) is 4.90 Å². The van der Waals surface area contributed by atoms with Crippen LogP contribution in [-0.4, -0.2) is 40.7 Å². The topological polar surface area (TPSA) is 80.0 Å². The molecule has 1 aromatic carbocycles. The van der Waals surface area contributed by atoms with E-state index >= 15 is 0 Å². The van der Waals surface area contributed by atoms with Gasteiger partial charge in [0.05, 0.1) is 5.60 Å². The molecule has 2 aliphatic carbocycles. The average Bonchev–Trinajstić information content (AvgIpc) is 3.33. The number of amides is 1. The summed E-state index contributed by atoms with van der Waals surface area (Å²) in [5.41, 5.74) is 2.37. The zero-order chi connectivity index (χ0) is 23.9. The minimum Gasteiger partial charge on any atom is -0.483 e. The van der Waals surface area contributed by atoms with Gasteiger partial charge in [-0.3, -0.25) is 4.79 Å². The molecule has 2 heterocycles. The van der Waals surface area contributed by atoms with Crippen molar-refractivity contribution in [3.8, 4) is 5.75 Å². The molecule has 1 aromatic heterocycles. The van der Waals surface area contributed by atoms with Gasteiger partial charge in [0.25, 0.3) is 5.91 Å². The highest BCUT2D eigenvalue weighted by molar-refractivity contribution is 5.86. The fourth-order valence-electron chi connectivity index (χ4n) is 6.73. The van der Waals surface area contributed by atoms with Crippen molar-refractivity contribution in [2.45, 2.75) is 96.1 Å². The van der Waals surface area contributed by atoms with Gasteiger partial charge in [0.1, 0.15) is 11.3 Å². The molecule has 0 unspecified atom stereocenters. The average molecular weight is 468 g/mol. The molecule has 2 aromatic rings. The molecule has 1 N–H and O–H groups in total. The molecule has 5 rings (SSSR count). The lowest BCUT2D eigenvalue weighted by Crippen LogP contribution is -2.61. The lowest BCUT2D eigenvalue weighted by Gasteiger charge is -2.52. The highest BCUT2D eigenvalue weighted by Gasteiger charge is 2.49. The van der Waals surface area contributed by atoms with Gasteiger partial charge < -0.3 is 19.2 Å². The van der Waals surface area contributed by atoms with Gasteiger partial charge in [-0.1, -0.05) is 32.6 Å². The second-order valence-corrected chi connectivity index (χ2v) is 10.6. The summed E-state index contributed by atoms with van der Waals surface area (Å²) >= 11 is 0. The van der Waals surface area contributed by atoms with Crippen molar-refractivity contribution in [3.63, 3.8) is 0 Å². The van der Waals surface area contributed by atoms with E-state index in [1.807, 2.05) is 24.0 Å². The van der Waals surface area contributed by atoms with E-state index in [9.17, 15) is 14.7 Å². The van der Waals surface area contributed by atoms with Crippen LogP contribution in [0.25, 0.3) is 11.0 Å². The first-order valence-electron chi connectivity index (χ1n) is 13.2. The molecule has 6 heteroatoms. The summed E-state index contributed by atoms with van der Waals surface area (Å²) in [4.78, 5) is 27.8. The van der Waals surface area contributed by atoms with Gasteiger partial charge in [0.15, 0.2) is 6.61 Å². The maximum absolute atomic E-state index is 13.4. The SMILES string of the molecule is CCCC[C@H]1[C@@H]2CCCC[C@]2(O)CCN1C(=O)COc1ccc2c3c(c(=O)oc2c1C)CCC3. The van der Waals surface area contributed by atoms with E-state index in [-0.39, 0.29) is 30.1 Å². The molecule has 2 fully saturated rings. The zero-order valence-corrected chi connectivity index (χ0v) is 20.5. The van der Waals surface area contributed by atoms with Crippen molar-refractivity contribution >= 4 is 16.9 Å². The van der Waals surface area contributed by atoms with Crippen molar-refractivity contribution in [1.29, 1.82) is 0 Å². The number of likely N-dealkylation sites (tertiary alicyclic amines) is 1. The first-order valence-corrected chi connectivity index (χ1v) is 13.2. The van der Waals surface area contributed by atoms with Crippen molar-refractivity contribution in [3.05, 3.63) is 39.2 Å². The maximum Gasteiger partial charge on any atom is 0.339 e. The van der Waals surface area contributed by atoms with E-state index < -0.39 is 5.60 Å².